The Morgan fingerprint density at radius 1 is 1.62 bits per heavy atom. The van der Waals surface area contributed by atoms with Crippen molar-refractivity contribution in [1.82, 2.24) is 0 Å². The van der Waals surface area contributed by atoms with Crippen molar-refractivity contribution >= 4 is 17.7 Å². The Balaban J connectivity index is 3.78. The fourth-order valence-electron chi connectivity index (χ4n) is 0.885. The summed E-state index contributed by atoms with van der Waals surface area (Å²) in [6, 6.07) is 0. The Labute approximate surface area is 84.4 Å². The molecule has 0 aromatic carbocycles. The molecule has 0 amide bonds. The van der Waals surface area contributed by atoms with Gasteiger partial charge in [-0.2, -0.15) is 11.8 Å². The van der Waals surface area contributed by atoms with Gasteiger partial charge in [-0.15, -0.1) is 0 Å². The van der Waals surface area contributed by atoms with Crippen molar-refractivity contribution in [3.05, 3.63) is 11.6 Å². The Hall–Kier alpha value is -0.440. The van der Waals surface area contributed by atoms with Crippen LogP contribution in [0.3, 0.4) is 0 Å². The Morgan fingerprint density at radius 3 is 2.69 bits per heavy atom. The lowest BCUT2D eigenvalue weighted by atomic mass is 10.2. The van der Waals surface area contributed by atoms with Crippen LogP contribution in [-0.2, 0) is 4.79 Å². The van der Waals surface area contributed by atoms with Crippen molar-refractivity contribution in [3.63, 3.8) is 0 Å². The normalized spacial score (nSPS) is 14.2. The van der Waals surface area contributed by atoms with Crippen LogP contribution in [0.5, 0.6) is 0 Å². The van der Waals surface area contributed by atoms with Crippen LogP contribution in [-0.4, -0.2) is 22.1 Å². The molecule has 1 N–H and O–H groups in total. The lowest BCUT2D eigenvalue weighted by Gasteiger charge is -2.05. The summed E-state index contributed by atoms with van der Waals surface area (Å²) in [6.07, 6.45) is 4.21. The molecule has 0 spiro atoms. The number of unbranched alkanes of at least 4 members (excludes halogenated alkanes) is 1. The highest BCUT2D eigenvalue weighted by Crippen LogP contribution is 2.15. The molecule has 0 saturated heterocycles. The molecule has 0 radical (unpaired) electrons. The quantitative estimate of drug-likeness (QED) is 0.531. The second-order valence-corrected chi connectivity index (χ2v) is 4.57. The fraction of sp³-hybridized carbons (Fsp3) is 0.700. The molecule has 0 rings (SSSR count). The summed E-state index contributed by atoms with van der Waals surface area (Å²) in [5.41, 5.74) is 0.441. The average Bonchev–Trinajstić information content (AvgIpc) is 2.04. The first-order valence-corrected chi connectivity index (χ1v) is 5.66. The van der Waals surface area contributed by atoms with Crippen molar-refractivity contribution in [2.45, 2.75) is 38.9 Å². The lowest BCUT2D eigenvalue weighted by molar-refractivity contribution is -0.132. The lowest BCUT2D eigenvalue weighted by Crippen LogP contribution is -2.01. The number of carboxylic acids is 1. The van der Waals surface area contributed by atoms with Gasteiger partial charge in [-0.1, -0.05) is 19.4 Å². The molecular formula is C10H18O2S. The number of carbonyl (C=O) groups is 1. The van der Waals surface area contributed by atoms with Crippen molar-refractivity contribution in [2.75, 3.05) is 5.75 Å². The number of carboxylic acid groups (broad SMARTS) is 1. The largest absolute Gasteiger partial charge is 0.478 e. The number of rotatable bonds is 6. The molecule has 0 aliphatic carbocycles. The molecule has 1 atom stereocenters. The van der Waals surface area contributed by atoms with Crippen LogP contribution in [0.2, 0.25) is 0 Å². The molecule has 0 aliphatic heterocycles. The smallest absolute Gasteiger partial charge is 0.330 e. The molecule has 3 heteroatoms. The first-order valence-electron chi connectivity index (χ1n) is 4.61. The zero-order valence-corrected chi connectivity index (χ0v) is 9.36. The molecule has 76 valence electrons. The van der Waals surface area contributed by atoms with E-state index in [-0.39, 0.29) is 0 Å². The zero-order valence-electron chi connectivity index (χ0n) is 8.54. The molecule has 0 fully saturated rings. The summed E-state index contributed by atoms with van der Waals surface area (Å²) >= 11 is 1.81. The van der Waals surface area contributed by atoms with Crippen LogP contribution in [0.25, 0.3) is 0 Å². The van der Waals surface area contributed by atoms with E-state index in [0.717, 1.165) is 5.75 Å². The monoisotopic (exact) mass is 202 g/mol. The van der Waals surface area contributed by atoms with E-state index < -0.39 is 5.97 Å². The van der Waals surface area contributed by atoms with Gasteiger partial charge in [0.2, 0.25) is 0 Å². The third-order valence-electron chi connectivity index (χ3n) is 1.70. The summed E-state index contributed by atoms with van der Waals surface area (Å²) in [5.74, 6) is 0.295. The predicted octanol–water partition coefficient (Wildman–Crippen LogP) is 2.94. The van der Waals surface area contributed by atoms with E-state index in [1.54, 1.807) is 18.7 Å². The maximum Gasteiger partial charge on any atom is 0.330 e. The summed E-state index contributed by atoms with van der Waals surface area (Å²) in [7, 11) is 0. The van der Waals surface area contributed by atoms with E-state index >= 15 is 0 Å². The van der Waals surface area contributed by atoms with Crippen LogP contribution in [0.4, 0.5) is 0 Å². The van der Waals surface area contributed by atoms with Gasteiger partial charge in [0.1, 0.15) is 0 Å². The summed E-state index contributed by atoms with van der Waals surface area (Å²) in [6.45, 7) is 5.83. The number of hydrogen-bond acceptors (Lipinski definition) is 2. The molecule has 0 heterocycles. The Kier molecular flexibility index (Phi) is 6.77. The summed E-state index contributed by atoms with van der Waals surface area (Å²) < 4.78 is 0. The zero-order chi connectivity index (χ0) is 10.3. The van der Waals surface area contributed by atoms with Crippen LogP contribution in [0, 0.1) is 0 Å². The number of thioether (sulfide) groups is 1. The molecule has 0 bridgehead atoms. The van der Waals surface area contributed by atoms with Gasteiger partial charge >= 0.3 is 5.97 Å². The van der Waals surface area contributed by atoms with Gasteiger partial charge in [0, 0.05) is 10.8 Å². The highest BCUT2D eigenvalue weighted by molar-refractivity contribution is 8.00. The molecule has 13 heavy (non-hydrogen) atoms. The van der Waals surface area contributed by atoms with Gasteiger partial charge < -0.3 is 5.11 Å². The number of aliphatic carboxylic acids is 1. The first kappa shape index (κ1) is 12.6. The van der Waals surface area contributed by atoms with Crippen LogP contribution in [0.15, 0.2) is 11.6 Å². The fourth-order valence-corrected chi connectivity index (χ4v) is 2.01. The minimum absolute atomic E-state index is 0.308. The average molecular weight is 202 g/mol. The maximum absolute atomic E-state index is 10.5. The topological polar surface area (TPSA) is 37.3 Å². The van der Waals surface area contributed by atoms with E-state index in [1.807, 2.05) is 13.0 Å². The van der Waals surface area contributed by atoms with Gasteiger partial charge in [0.05, 0.1) is 0 Å². The third kappa shape index (κ3) is 6.70. The van der Waals surface area contributed by atoms with Gasteiger partial charge in [-0.05, 0) is 26.0 Å². The molecule has 0 aliphatic rings. The molecular weight excluding hydrogens is 184 g/mol. The van der Waals surface area contributed by atoms with Crippen molar-refractivity contribution < 1.29 is 9.90 Å². The summed E-state index contributed by atoms with van der Waals surface area (Å²) in [5, 5.41) is 8.93. The molecule has 1 unspecified atom stereocenters. The van der Waals surface area contributed by atoms with Crippen LogP contribution < -0.4 is 0 Å². The standard InChI is InChI=1S/C10H18O2S/c1-4-5-6-13-9(3)7-8(2)10(11)12/h7,9H,4-6H2,1-3H3,(H,11,12)/b8-7+. The van der Waals surface area contributed by atoms with Crippen LogP contribution in [0.1, 0.15) is 33.6 Å². The van der Waals surface area contributed by atoms with E-state index in [0.29, 0.717) is 10.8 Å². The predicted molar refractivity (Wildman–Crippen MR) is 58.2 cm³/mol. The molecule has 0 saturated carbocycles. The van der Waals surface area contributed by atoms with Gasteiger partial charge in [-0.25, -0.2) is 4.79 Å². The molecule has 0 aromatic heterocycles. The van der Waals surface area contributed by atoms with Gasteiger partial charge in [-0.3, -0.25) is 0 Å². The number of hydrogen-bond donors (Lipinski definition) is 1. The van der Waals surface area contributed by atoms with Crippen LogP contribution >= 0.6 is 11.8 Å². The summed E-state index contributed by atoms with van der Waals surface area (Å²) in [4.78, 5) is 10.5. The van der Waals surface area contributed by atoms with E-state index in [1.165, 1.54) is 12.8 Å². The van der Waals surface area contributed by atoms with E-state index in [2.05, 4.69) is 6.92 Å². The minimum Gasteiger partial charge on any atom is -0.478 e. The highest BCUT2D eigenvalue weighted by atomic mass is 32.2. The molecule has 2 nitrogen and oxygen atoms in total. The SMILES string of the molecule is CCCCSC(C)/C=C(\C)C(=O)O. The van der Waals surface area contributed by atoms with Crippen molar-refractivity contribution in [1.29, 1.82) is 0 Å². The van der Waals surface area contributed by atoms with Gasteiger partial charge in [0.15, 0.2) is 0 Å². The molecule has 0 aromatic rings. The second-order valence-electron chi connectivity index (χ2n) is 3.08. The first-order chi connectivity index (χ1) is 6.07. The highest BCUT2D eigenvalue weighted by Gasteiger charge is 2.03. The Morgan fingerprint density at radius 2 is 2.23 bits per heavy atom. The maximum atomic E-state index is 10.5. The Bertz CT molecular complexity index is 187. The van der Waals surface area contributed by atoms with E-state index in [9.17, 15) is 4.79 Å². The van der Waals surface area contributed by atoms with Gasteiger partial charge in [0.25, 0.3) is 0 Å². The minimum atomic E-state index is -0.817. The van der Waals surface area contributed by atoms with Crippen molar-refractivity contribution in [2.24, 2.45) is 0 Å². The van der Waals surface area contributed by atoms with E-state index in [4.69, 9.17) is 5.11 Å². The third-order valence-corrected chi connectivity index (χ3v) is 2.89. The second kappa shape index (κ2) is 7.01. The van der Waals surface area contributed by atoms with Crippen molar-refractivity contribution in [3.8, 4) is 0 Å².